The number of ketones is 2. The van der Waals surface area contributed by atoms with Gasteiger partial charge < -0.3 is 4.98 Å². The summed E-state index contributed by atoms with van der Waals surface area (Å²) >= 11 is 0. The maximum atomic E-state index is 13.0. The van der Waals surface area contributed by atoms with Gasteiger partial charge in [0.05, 0.1) is 5.92 Å². The van der Waals surface area contributed by atoms with Crippen LogP contribution in [0.3, 0.4) is 0 Å². The number of benzene rings is 2. The maximum Gasteiger partial charge on any atom is 0.172 e. The van der Waals surface area contributed by atoms with E-state index in [0.717, 1.165) is 17.8 Å². The number of carbonyl (C=O) groups is 2. The molecule has 126 valence electrons. The van der Waals surface area contributed by atoms with E-state index in [4.69, 9.17) is 0 Å². The largest absolute Gasteiger partial charge is 0.362 e. The molecule has 0 aliphatic heterocycles. The first-order valence-electron chi connectivity index (χ1n) is 8.54. The molecule has 0 amide bonds. The van der Waals surface area contributed by atoms with Crippen LogP contribution in [0.5, 0.6) is 0 Å². The number of Topliss-reactive ketones (excluding diaryl/α,β-unsaturated/α-hetero) is 2. The highest BCUT2D eigenvalue weighted by Gasteiger charge is 2.26. The number of aromatic nitrogens is 1. The Bertz CT molecular complexity index is 850. The van der Waals surface area contributed by atoms with E-state index in [1.807, 2.05) is 48.5 Å². The van der Waals surface area contributed by atoms with Crippen LogP contribution in [-0.2, 0) is 6.42 Å². The Morgan fingerprint density at radius 1 is 0.840 bits per heavy atom. The first kappa shape index (κ1) is 16.9. The summed E-state index contributed by atoms with van der Waals surface area (Å²) in [6.45, 7) is 2.05. The molecule has 1 unspecified atom stereocenters. The van der Waals surface area contributed by atoms with Crippen LogP contribution in [-0.4, -0.2) is 16.6 Å². The number of H-pyrrole nitrogens is 1. The van der Waals surface area contributed by atoms with Crippen LogP contribution >= 0.6 is 0 Å². The third-order valence-corrected chi connectivity index (χ3v) is 4.39. The molecule has 0 aliphatic rings. The highest BCUT2D eigenvalue weighted by Crippen LogP contribution is 2.26. The minimum Gasteiger partial charge on any atom is -0.362 e. The zero-order valence-electron chi connectivity index (χ0n) is 14.2. The fourth-order valence-corrected chi connectivity index (χ4v) is 2.94. The van der Waals surface area contributed by atoms with Gasteiger partial charge in [-0.15, -0.1) is 0 Å². The van der Waals surface area contributed by atoms with E-state index in [1.54, 1.807) is 24.3 Å². The second-order valence-electron chi connectivity index (χ2n) is 6.07. The van der Waals surface area contributed by atoms with Gasteiger partial charge >= 0.3 is 0 Å². The minimum atomic E-state index is -0.504. The number of nitrogens with one attached hydrogen (secondary N) is 1. The number of carbonyl (C=O) groups excluding carboxylic acids is 2. The van der Waals surface area contributed by atoms with Gasteiger partial charge in [0.25, 0.3) is 0 Å². The van der Waals surface area contributed by atoms with Crippen molar-refractivity contribution < 1.29 is 9.59 Å². The van der Waals surface area contributed by atoms with Gasteiger partial charge in [-0.25, -0.2) is 0 Å². The lowest BCUT2D eigenvalue weighted by atomic mass is 9.88. The van der Waals surface area contributed by atoms with E-state index in [9.17, 15) is 9.59 Å². The quantitative estimate of drug-likeness (QED) is 0.631. The Morgan fingerprint density at radius 3 is 2.00 bits per heavy atom. The third-order valence-electron chi connectivity index (χ3n) is 4.39. The predicted octanol–water partition coefficient (Wildman–Crippen LogP) is 4.82. The van der Waals surface area contributed by atoms with Crippen LogP contribution in [0.2, 0.25) is 0 Å². The van der Waals surface area contributed by atoms with Crippen LogP contribution in [0.1, 0.15) is 51.4 Å². The van der Waals surface area contributed by atoms with Crippen molar-refractivity contribution in [3.63, 3.8) is 0 Å². The molecule has 3 rings (SSSR count). The van der Waals surface area contributed by atoms with Crippen LogP contribution in [0.15, 0.2) is 72.8 Å². The van der Waals surface area contributed by atoms with E-state index in [2.05, 4.69) is 11.9 Å². The topological polar surface area (TPSA) is 49.9 Å². The van der Waals surface area contributed by atoms with E-state index in [0.29, 0.717) is 11.1 Å². The first-order valence-corrected chi connectivity index (χ1v) is 8.54. The number of hydrogen-bond acceptors (Lipinski definition) is 2. The van der Waals surface area contributed by atoms with E-state index >= 15 is 0 Å². The average molecular weight is 331 g/mol. The lowest BCUT2D eigenvalue weighted by Crippen LogP contribution is -2.18. The Balaban J connectivity index is 1.91. The monoisotopic (exact) mass is 331 g/mol. The molecular formula is C22H21NO2. The van der Waals surface area contributed by atoms with Crippen LogP contribution in [0, 0.1) is 0 Å². The van der Waals surface area contributed by atoms with Gasteiger partial charge in [-0.3, -0.25) is 9.59 Å². The average Bonchev–Trinajstić information content (AvgIpc) is 3.15. The summed E-state index contributed by atoms with van der Waals surface area (Å²) in [6, 6.07) is 22.2. The lowest BCUT2D eigenvalue weighted by Gasteiger charge is -2.14. The van der Waals surface area contributed by atoms with Gasteiger partial charge in [-0.05, 0) is 18.6 Å². The minimum absolute atomic E-state index is 0.0254. The molecule has 3 aromatic rings. The molecule has 25 heavy (non-hydrogen) atoms. The Morgan fingerprint density at radius 2 is 1.44 bits per heavy atom. The number of rotatable bonds is 7. The zero-order chi connectivity index (χ0) is 17.6. The van der Waals surface area contributed by atoms with Gasteiger partial charge in [-0.1, -0.05) is 67.6 Å². The van der Waals surface area contributed by atoms with Crippen molar-refractivity contribution in [1.29, 1.82) is 0 Å². The summed E-state index contributed by atoms with van der Waals surface area (Å²) in [6.07, 6.45) is 1.01. The molecule has 0 saturated heterocycles. The third kappa shape index (κ3) is 3.94. The standard InChI is InChI=1S/C22H21NO2/c1-2-18-13-14-20(23-18)19(22(25)17-11-7-4-8-12-17)15-21(24)16-9-5-3-6-10-16/h3-14,19,23H,2,15H2,1H3. The summed E-state index contributed by atoms with van der Waals surface area (Å²) in [5, 5.41) is 0. The summed E-state index contributed by atoms with van der Waals surface area (Å²) in [5.41, 5.74) is 3.12. The van der Waals surface area contributed by atoms with Crippen molar-refractivity contribution >= 4 is 11.6 Å². The molecule has 0 radical (unpaired) electrons. The molecule has 0 saturated carbocycles. The van der Waals surface area contributed by atoms with E-state index < -0.39 is 5.92 Å². The fourth-order valence-electron chi connectivity index (χ4n) is 2.94. The predicted molar refractivity (Wildman–Crippen MR) is 99.1 cm³/mol. The smallest absolute Gasteiger partial charge is 0.172 e. The highest BCUT2D eigenvalue weighted by molar-refractivity contribution is 6.05. The second kappa shape index (κ2) is 7.75. The van der Waals surface area contributed by atoms with Crippen LogP contribution < -0.4 is 0 Å². The molecule has 3 heteroatoms. The number of hydrogen-bond donors (Lipinski definition) is 1. The van der Waals surface area contributed by atoms with Crippen molar-refractivity contribution in [3.8, 4) is 0 Å². The van der Waals surface area contributed by atoms with Gasteiger partial charge in [0.15, 0.2) is 11.6 Å². The molecule has 0 bridgehead atoms. The van der Waals surface area contributed by atoms with Gasteiger partial charge in [0.2, 0.25) is 0 Å². The van der Waals surface area contributed by atoms with E-state index in [-0.39, 0.29) is 18.0 Å². The molecule has 1 heterocycles. The second-order valence-corrected chi connectivity index (χ2v) is 6.07. The van der Waals surface area contributed by atoms with Gasteiger partial charge in [-0.2, -0.15) is 0 Å². The van der Waals surface area contributed by atoms with Crippen molar-refractivity contribution in [2.45, 2.75) is 25.7 Å². The number of aromatic amines is 1. The normalized spacial score (nSPS) is 11.9. The summed E-state index contributed by atoms with van der Waals surface area (Å²) in [7, 11) is 0. The van der Waals surface area contributed by atoms with Crippen LogP contribution in [0.25, 0.3) is 0 Å². The molecule has 1 atom stereocenters. The molecule has 0 aliphatic carbocycles. The number of aryl methyl sites for hydroxylation is 1. The molecule has 3 nitrogen and oxygen atoms in total. The molecule has 2 aromatic carbocycles. The molecular weight excluding hydrogens is 310 g/mol. The lowest BCUT2D eigenvalue weighted by molar-refractivity contribution is 0.0892. The summed E-state index contributed by atoms with van der Waals surface area (Å²) in [4.78, 5) is 29.0. The molecule has 0 fully saturated rings. The Hall–Kier alpha value is -2.94. The van der Waals surface area contributed by atoms with Crippen molar-refractivity contribution in [3.05, 3.63) is 95.3 Å². The molecule has 1 N–H and O–H groups in total. The zero-order valence-corrected chi connectivity index (χ0v) is 14.2. The van der Waals surface area contributed by atoms with Crippen LogP contribution in [0.4, 0.5) is 0 Å². The van der Waals surface area contributed by atoms with E-state index in [1.165, 1.54) is 0 Å². The molecule has 0 spiro atoms. The maximum absolute atomic E-state index is 13.0. The van der Waals surface area contributed by atoms with Gasteiger partial charge in [0.1, 0.15) is 0 Å². The van der Waals surface area contributed by atoms with Gasteiger partial charge in [0, 0.05) is 28.9 Å². The fraction of sp³-hybridized carbons (Fsp3) is 0.182. The van der Waals surface area contributed by atoms with Crippen molar-refractivity contribution in [1.82, 2.24) is 4.98 Å². The van der Waals surface area contributed by atoms with Crippen molar-refractivity contribution in [2.24, 2.45) is 0 Å². The SMILES string of the molecule is CCc1ccc(C(CC(=O)c2ccccc2)C(=O)c2ccccc2)[nH]1. The molecule has 1 aromatic heterocycles. The summed E-state index contributed by atoms with van der Waals surface area (Å²) in [5.74, 6) is -0.563. The Kier molecular flexibility index (Phi) is 5.24. The highest BCUT2D eigenvalue weighted by atomic mass is 16.1. The van der Waals surface area contributed by atoms with Crippen molar-refractivity contribution in [2.75, 3.05) is 0 Å². The first-order chi connectivity index (χ1) is 12.2. The summed E-state index contributed by atoms with van der Waals surface area (Å²) < 4.78 is 0. The Labute approximate surface area is 147 Å².